The van der Waals surface area contributed by atoms with Gasteiger partial charge in [0.15, 0.2) is 0 Å². The van der Waals surface area contributed by atoms with Gasteiger partial charge >= 0.3 is 0 Å². The van der Waals surface area contributed by atoms with Crippen molar-refractivity contribution in [2.45, 2.75) is 57.3 Å². The van der Waals surface area contributed by atoms with E-state index in [1.807, 2.05) is 42.0 Å². The van der Waals surface area contributed by atoms with E-state index in [-0.39, 0.29) is 11.3 Å². The van der Waals surface area contributed by atoms with Gasteiger partial charge in [-0.1, -0.05) is 6.92 Å². The zero-order chi connectivity index (χ0) is 22.5. The molecule has 0 aliphatic carbocycles. The third-order valence-corrected chi connectivity index (χ3v) is 6.72. The van der Waals surface area contributed by atoms with Crippen LogP contribution in [0.25, 0.3) is 23.0 Å². The van der Waals surface area contributed by atoms with E-state index in [9.17, 15) is 5.11 Å². The number of hydrogen-bond acceptors (Lipinski definition) is 5. The number of imidazole rings is 1. The number of alkyl halides is 1. The summed E-state index contributed by atoms with van der Waals surface area (Å²) in [7, 11) is 0. The molecule has 2 fully saturated rings. The molecule has 1 unspecified atom stereocenters. The van der Waals surface area contributed by atoms with E-state index < -0.39 is 11.7 Å². The maximum atomic E-state index is 15.5. The Labute approximate surface area is 187 Å². The fraction of sp³-hybridized carbons (Fsp3) is 0.400. The lowest BCUT2D eigenvalue weighted by atomic mass is 9.65. The van der Waals surface area contributed by atoms with E-state index in [1.165, 1.54) is 0 Å². The predicted octanol–water partition coefficient (Wildman–Crippen LogP) is 4.70. The first-order valence-electron chi connectivity index (χ1n) is 11.0. The second kappa shape index (κ2) is 7.52. The molecule has 0 spiro atoms. The van der Waals surface area contributed by atoms with Gasteiger partial charge in [-0.3, -0.25) is 0 Å². The minimum absolute atomic E-state index is 0.100. The molecule has 0 amide bonds. The fourth-order valence-corrected chi connectivity index (χ4v) is 5.78. The minimum atomic E-state index is -1.06. The first kappa shape index (κ1) is 20.8. The van der Waals surface area contributed by atoms with Crippen molar-refractivity contribution < 1.29 is 9.50 Å². The number of piperidine rings is 2. The quantitative estimate of drug-likeness (QED) is 0.626. The highest BCUT2D eigenvalue weighted by Crippen LogP contribution is 2.46. The first-order chi connectivity index (χ1) is 15.2. The van der Waals surface area contributed by atoms with Crippen LogP contribution in [0.3, 0.4) is 0 Å². The Morgan fingerprint density at radius 3 is 2.72 bits per heavy atom. The lowest BCUT2D eigenvalue weighted by Gasteiger charge is -2.55. The van der Waals surface area contributed by atoms with Gasteiger partial charge in [-0.2, -0.15) is 5.10 Å². The number of phenols is 1. The van der Waals surface area contributed by atoms with Gasteiger partial charge in [0.1, 0.15) is 11.9 Å². The summed E-state index contributed by atoms with van der Waals surface area (Å²) in [4.78, 5) is 4.03. The monoisotopic (exact) mass is 433 g/mol. The van der Waals surface area contributed by atoms with Gasteiger partial charge in [-0.15, -0.1) is 5.10 Å². The molecule has 3 aromatic rings. The topological polar surface area (TPSA) is 75.9 Å². The smallest absolute Gasteiger partial charge is 0.139 e. The van der Waals surface area contributed by atoms with Crippen LogP contribution in [-0.2, 0) is 0 Å². The van der Waals surface area contributed by atoms with Gasteiger partial charge in [0.25, 0.3) is 0 Å². The molecule has 7 heteroatoms. The van der Waals surface area contributed by atoms with Gasteiger partial charge in [0.05, 0.1) is 28.9 Å². The maximum Gasteiger partial charge on any atom is 0.139 e. The van der Waals surface area contributed by atoms with Crippen molar-refractivity contribution in [2.24, 2.45) is 5.92 Å². The fourth-order valence-electron chi connectivity index (χ4n) is 5.78. The van der Waals surface area contributed by atoms with Gasteiger partial charge < -0.3 is 15.0 Å². The van der Waals surface area contributed by atoms with Gasteiger partial charge in [0.2, 0.25) is 0 Å². The standard InChI is InChI=1S/C25H28FN5O/c1-16-12-24(2)14-17(23(26)25(3,13-16)30-24)10-18-4-7-21(29-28-18)20-6-5-19(11-22(20)32)31-9-8-27-15-31/h4-11,15-16,23,30,32H,12-14H2,1-3H3/b17-10-/t16?,23-,24+,25-/m1/s1. The highest BCUT2D eigenvalue weighted by atomic mass is 19.1. The molecule has 32 heavy (non-hydrogen) atoms. The Balaban J connectivity index is 1.40. The van der Waals surface area contributed by atoms with Crippen LogP contribution < -0.4 is 5.32 Å². The molecule has 2 aliphatic rings. The van der Waals surface area contributed by atoms with Crippen molar-refractivity contribution in [1.82, 2.24) is 25.1 Å². The molecule has 4 heterocycles. The summed E-state index contributed by atoms with van der Waals surface area (Å²) in [6.07, 6.45) is 8.47. The summed E-state index contributed by atoms with van der Waals surface area (Å²) in [5, 5.41) is 22.7. The zero-order valence-corrected chi connectivity index (χ0v) is 18.6. The number of fused-ring (bicyclic) bond motifs is 2. The molecule has 2 N–H and O–H groups in total. The maximum absolute atomic E-state index is 15.5. The van der Waals surface area contributed by atoms with Crippen LogP contribution in [0.15, 0.2) is 54.6 Å². The van der Waals surface area contributed by atoms with E-state index in [4.69, 9.17) is 0 Å². The Bertz CT molecular complexity index is 1160. The molecule has 4 atom stereocenters. The summed E-state index contributed by atoms with van der Waals surface area (Å²) in [6.45, 7) is 6.38. The third kappa shape index (κ3) is 3.71. The first-order valence-corrected chi connectivity index (χ1v) is 11.0. The predicted molar refractivity (Wildman–Crippen MR) is 122 cm³/mol. The summed E-state index contributed by atoms with van der Waals surface area (Å²) >= 11 is 0. The number of nitrogens with zero attached hydrogens (tertiary/aromatic N) is 4. The minimum Gasteiger partial charge on any atom is -0.507 e. The van der Waals surface area contributed by atoms with Gasteiger partial charge in [-0.05, 0) is 74.9 Å². The number of phenolic OH excluding ortho intramolecular Hbond substituents is 1. The van der Waals surface area contributed by atoms with Crippen LogP contribution in [-0.4, -0.2) is 42.1 Å². The summed E-state index contributed by atoms with van der Waals surface area (Å²) < 4.78 is 17.3. The second-order valence-corrected chi connectivity index (χ2v) is 9.89. The molecule has 2 bridgehead atoms. The van der Waals surface area contributed by atoms with E-state index in [0.717, 1.165) is 24.1 Å². The molecule has 1 aromatic carbocycles. The van der Waals surface area contributed by atoms with E-state index in [0.29, 0.717) is 29.3 Å². The van der Waals surface area contributed by atoms with Gasteiger partial charge in [0, 0.05) is 29.6 Å². The van der Waals surface area contributed by atoms with Crippen LogP contribution in [0.5, 0.6) is 5.75 Å². The largest absolute Gasteiger partial charge is 0.507 e. The molecule has 2 aromatic heterocycles. The normalized spacial score (nSPS) is 31.1. The van der Waals surface area contributed by atoms with E-state index in [1.54, 1.807) is 24.7 Å². The number of halogens is 1. The Hall–Kier alpha value is -3.06. The van der Waals surface area contributed by atoms with Gasteiger partial charge in [-0.25, -0.2) is 9.37 Å². The van der Waals surface area contributed by atoms with Crippen LogP contribution >= 0.6 is 0 Å². The number of aromatic nitrogens is 4. The van der Waals surface area contributed by atoms with Crippen molar-refractivity contribution in [3.05, 3.63) is 60.3 Å². The Morgan fingerprint density at radius 1 is 1.19 bits per heavy atom. The van der Waals surface area contributed by atoms with Crippen LogP contribution in [0, 0.1) is 5.92 Å². The molecular formula is C25H28FN5O. The SMILES string of the molecule is CC1C[C@@]2(C)C/C(=C/c3ccc(-c4ccc(-n5ccnc5)cc4O)nn3)[C@@H](F)[C@@](C)(C1)N2. The molecular weight excluding hydrogens is 405 g/mol. The van der Waals surface area contributed by atoms with Crippen LogP contribution in [0.1, 0.15) is 45.7 Å². The number of aromatic hydroxyl groups is 1. The van der Waals surface area contributed by atoms with E-state index >= 15 is 4.39 Å². The Morgan fingerprint density at radius 2 is 2.03 bits per heavy atom. The molecule has 2 saturated heterocycles. The highest BCUT2D eigenvalue weighted by molar-refractivity contribution is 5.69. The molecule has 5 rings (SSSR count). The lowest BCUT2D eigenvalue weighted by molar-refractivity contribution is 0.0299. The molecule has 0 saturated carbocycles. The average molecular weight is 434 g/mol. The number of nitrogens with one attached hydrogen (secondary N) is 1. The van der Waals surface area contributed by atoms with Crippen LogP contribution in [0.2, 0.25) is 0 Å². The molecule has 6 nitrogen and oxygen atoms in total. The van der Waals surface area contributed by atoms with Crippen molar-refractivity contribution in [1.29, 1.82) is 0 Å². The third-order valence-electron chi connectivity index (χ3n) is 6.72. The van der Waals surface area contributed by atoms with Crippen molar-refractivity contribution in [2.75, 3.05) is 0 Å². The highest BCUT2D eigenvalue weighted by Gasteiger charge is 2.52. The summed E-state index contributed by atoms with van der Waals surface area (Å²) in [6, 6.07) is 9.00. The molecule has 0 radical (unpaired) electrons. The number of hydrogen-bond donors (Lipinski definition) is 2. The van der Waals surface area contributed by atoms with Crippen molar-refractivity contribution in [3.8, 4) is 22.7 Å². The number of rotatable bonds is 3. The second-order valence-electron chi connectivity index (χ2n) is 9.89. The van der Waals surface area contributed by atoms with Crippen molar-refractivity contribution in [3.63, 3.8) is 0 Å². The average Bonchev–Trinajstić information content (AvgIpc) is 3.26. The molecule has 2 aliphatic heterocycles. The van der Waals surface area contributed by atoms with Crippen LogP contribution in [0.4, 0.5) is 4.39 Å². The molecule has 166 valence electrons. The van der Waals surface area contributed by atoms with E-state index in [2.05, 4.69) is 34.3 Å². The van der Waals surface area contributed by atoms with Crippen molar-refractivity contribution >= 4 is 6.08 Å². The summed E-state index contributed by atoms with van der Waals surface area (Å²) in [5.74, 6) is 0.611. The lowest BCUT2D eigenvalue weighted by Crippen LogP contribution is -2.68. The zero-order valence-electron chi connectivity index (χ0n) is 18.6. The summed E-state index contributed by atoms with van der Waals surface area (Å²) in [5.41, 5.74) is 2.71. The number of benzene rings is 1. The Kier molecular flexibility index (Phi) is 4.89.